The number of nitrogens with zero attached hydrogens (tertiary/aromatic N) is 5. The third kappa shape index (κ3) is 5.12. The molecule has 0 amide bonds. The third-order valence-electron chi connectivity index (χ3n) is 7.69. The number of H-pyrrole nitrogens is 1. The Morgan fingerprint density at radius 3 is 2.67 bits per heavy atom. The smallest absolute Gasteiger partial charge is 0.252 e. The standard InChI is InChI=1S/C29H36N6O/c1-4-27(28-31-32-33-35(28)25-11-7-8-12-25)34(16-15-22-10-6-5-9-21(22)3)19-24-18-23-17-20(2)13-14-26(23)30-29(24)36/h5-6,9-10,13-14,17-18,25,27H,4,7-8,11-12,15-16,19H2,1-3H3,(H,30,36)/t27-/m0/s1. The van der Waals surface area contributed by atoms with Crippen molar-refractivity contribution < 1.29 is 0 Å². The molecule has 5 rings (SSSR count). The van der Waals surface area contributed by atoms with Crippen molar-refractivity contribution in [1.29, 1.82) is 0 Å². The van der Waals surface area contributed by atoms with Crippen LogP contribution in [0.1, 0.15) is 79.2 Å². The molecule has 2 aromatic heterocycles. The molecular formula is C29H36N6O. The van der Waals surface area contributed by atoms with E-state index in [1.807, 2.05) is 12.1 Å². The molecule has 0 aliphatic heterocycles. The Bertz CT molecular complexity index is 1380. The lowest BCUT2D eigenvalue weighted by atomic mass is 10.0. The number of tetrazole rings is 1. The molecule has 0 bridgehead atoms. The molecule has 2 aromatic carbocycles. The van der Waals surface area contributed by atoms with E-state index >= 15 is 0 Å². The summed E-state index contributed by atoms with van der Waals surface area (Å²) in [6, 6.07) is 17.1. The van der Waals surface area contributed by atoms with Crippen LogP contribution >= 0.6 is 0 Å². The molecule has 2 heterocycles. The highest BCUT2D eigenvalue weighted by Gasteiger charge is 2.29. The first-order valence-electron chi connectivity index (χ1n) is 13.2. The van der Waals surface area contributed by atoms with Crippen LogP contribution in [0.2, 0.25) is 0 Å². The van der Waals surface area contributed by atoms with Crippen LogP contribution in [0.25, 0.3) is 10.9 Å². The second kappa shape index (κ2) is 10.7. The van der Waals surface area contributed by atoms with Gasteiger partial charge in [-0.25, -0.2) is 4.68 Å². The van der Waals surface area contributed by atoms with E-state index in [1.165, 1.54) is 29.5 Å². The first-order valence-corrected chi connectivity index (χ1v) is 13.2. The van der Waals surface area contributed by atoms with Gasteiger partial charge in [-0.05, 0) is 84.7 Å². The number of rotatable bonds is 9. The zero-order chi connectivity index (χ0) is 25.1. The summed E-state index contributed by atoms with van der Waals surface area (Å²) in [7, 11) is 0. The van der Waals surface area contributed by atoms with Gasteiger partial charge < -0.3 is 4.98 Å². The highest BCUT2D eigenvalue weighted by molar-refractivity contribution is 5.79. The number of aromatic amines is 1. The number of fused-ring (bicyclic) bond motifs is 1. The summed E-state index contributed by atoms with van der Waals surface area (Å²) in [5.74, 6) is 0.919. The number of hydrogen-bond acceptors (Lipinski definition) is 5. The van der Waals surface area contributed by atoms with E-state index in [1.54, 1.807) is 0 Å². The van der Waals surface area contributed by atoms with Crippen LogP contribution < -0.4 is 5.56 Å². The minimum Gasteiger partial charge on any atom is -0.322 e. The molecule has 1 N–H and O–H groups in total. The van der Waals surface area contributed by atoms with Gasteiger partial charge in [0, 0.05) is 24.2 Å². The van der Waals surface area contributed by atoms with Crippen molar-refractivity contribution in [2.45, 2.75) is 77.9 Å². The molecule has 1 fully saturated rings. The molecule has 0 radical (unpaired) electrons. The van der Waals surface area contributed by atoms with Crippen LogP contribution in [-0.2, 0) is 13.0 Å². The Morgan fingerprint density at radius 1 is 1.08 bits per heavy atom. The van der Waals surface area contributed by atoms with E-state index in [-0.39, 0.29) is 11.6 Å². The average molecular weight is 485 g/mol. The number of benzene rings is 2. The second-order valence-corrected chi connectivity index (χ2v) is 10.2. The monoisotopic (exact) mass is 484 g/mol. The first-order chi connectivity index (χ1) is 17.5. The molecule has 4 aromatic rings. The van der Waals surface area contributed by atoms with Gasteiger partial charge in [-0.2, -0.15) is 0 Å². The Balaban J connectivity index is 1.50. The molecule has 188 valence electrons. The number of aryl methyl sites for hydroxylation is 2. The van der Waals surface area contributed by atoms with Crippen LogP contribution in [0, 0.1) is 13.8 Å². The maximum Gasteiger partial charge on any atom is 0.252 e. The normalized spacial score (nSPS) is 15.2. The minimum atomic E-state index is -0.0301. The van der Waals surface area contributed by atoms with Gasteiger partial charge in [-0.3, -0.25) is 9.69 Å². The van der Waals surface area contributed by atoms with E-state index in [9.17, 15) is 4.79 Å². The fourth-order valence-corrected chi connectivity index (χ4v) is 5.64. The second-order valence-electron chi connectivity index (χ2n) is 10.2. The van der Waals surface area contributed by atoms with Crippen LogP contribution in [-0.4, -0.2) is 36.6 Å². The van der Waals surface area contributed by atoms with Gasteiger partial charge in [-0.15, -0.1) is 5.10 Å². The predicted molar refractivity (Wildman–Crippen MR) is 143 cm³/mol. The van der Waals surface area contributed by atoms with Gasteiger partial charge in [0.2, 0.25) is 0 Å². The Kier molecular flexibility index (Phi) is 7.28. The summed E-state index contributed by atoms with van der Waals surface area (Å²) in [6.45, 7) is 7.78. The molecule has 1 atom stereocenters. The molecule has 36 heavy (non-hydrogen) atoms. The summed E-state index contributed by atoms with van der Waals surface area (Å²) in [6.07, 6.45) is 6.47. The molecule has 1 saturated carbocycles. The Labute approximate surface area is 212 Å². The lowest BCUT2D eigenvalue weighted by molar-refractivity contribution is 0.169. The lowest BCUT2D eigenvalue weighted by Gasteiger charge is -2.31. The summed E-state index contributed by atoms with van der Waals surface area (Å²) in [5, 5.41) is 14.1. The van der Waals surface area contributed by atoms with Crippen LogP contribution in [0.4, 0.5) is 0 Å². The summed E-state index contributed by atoms with van der Waals surface area (Å²) < 4.78 is 2.07. The third-order valence-corrected chi connectivity index (χ3v) is 7.69. The average Bonchev–Trinajstić information content (AvgIpc) is 3.57. The quantitative estimate of drug-likeness (QED) is 0.342. The van der Waals surface area contributed by atoms with Crippen molar-refractivity contribution in [3.8, 4) is 0 Å². The Hall–Kier alpha value is -3.32. The van der Waals surface area contributed by atoms with Gasteiger partial charge in [0.1, 0.15) is 0 Å². The van der Waals surface area contributed by atoms with Crippen molar-refractivity contribution in [1.82, 2.24) is 30.1 Å². The van der Waals surface area contributed by atoms with Crippen LogP contribution in [0.3, 0.4) is 0 Å². The molecule has 0 unspecified atom stereocenters. The van der Waals surface area contributed by atoms with Crippen molar-refractivity contribution in [3.63, 3.8) is 0 Å². The van der Waals surface area contributed by atoms with E-state index < -0.39 is 0 Å². The molecule has 0 spiro atoms. The fourth-order valence-electron chi connectivity index (χ4n) is 5.64. The fraction of sp³-hybridized carbons (Fsp3) is 0.448. The van der Waals surface area contributed by atoms with E-state index in [0.717, 1.165) is 54.5 Å². The van der Waals surface area contributed by atoms with Crippen LogP contribution in [0.5, 0.6) is 0 Å². The van der Waals surface area contributed by atoms with Crippen molar-refractivity contribution in [2.75, 3.05) is 6.54 Å². The van der Waals surface area contributed by atoms with E-state index in [2.05, 4.69) is 87.3 Å². The number of pyridine rings is 1. The van der Waals surface area contributed by atoms with Gasteiger partial charge >= 0.3 is 0 Å². The van der Waals surface area contributed by atoms with Gasteiger partial charge in [-0.1, -0.05) is 55.7 Å². The van der Waals surface area contributed by atoms with E-state index in [0.29, 0.717) is 12.6 Å². The zero-order valence-corrected chi connectivity index (χ0v) is 21.6. The van der Waals surface area contributed by atoms with Gasteiger partial charge in [0.05, 0.1) is 12.1 Å². The van der Waals surface area contributed by atoms with Gasteiger partial charge in [0.25, 0.3) is 5.56 Å². The topological polar surface area (TPSA) is 79.7 Å². The lowest BCUT2D eigenvalue weighted by Crippen LogP contribution is -2.34. The highest BCUT2D eigenvalue weighted by Crippen LogP contribution is 2.33. The zero-order valence-electron chi connectivity index (χ0n) is 21.6. The molecular weight excluding hydrogens is 448 g/mol. The number of nitrogens with one attached hydrogen (secondary N) is 1. The summed E-state index contributed by atoms with van der Waals surface area (Å²) in [5.41, 5.74) is 5.42. The number of aromatic nitrogens is 5. The summed E-state index contributed by atoms with van der Waals surface area (Å²) in [4.78, 5) is 18.6. The predicted octanol–water partition coefficient (Wildman–Crippen LogP) is 5.44. The van der Waals surface area contributed by atoms with Crippen LogP contribution in [0.15, 0.2) is 53.3 Å². The maximum atomic E-state index is 13.1. The maximum absolute atomic E-state index is 13.1. The Morgan fingerprint density at radius 2 is 1.89 bits per heavy atom. The molecule has 7 nitrogen and oxygen atoms in total. The molecule has 0 saturated heterocycles. The first kappa shape index (κ1) is 24.4. The molecule has 1 aliphatic rings. The summed E-state index contributed by atoms with van der Waals surface area (Å²) >= 11 is 0. The minimum absolute atomic E-state index is 0.0252. The molecule has 7 heteroatoms. The van der Waals surface area contributed by atoms with Gasteiger partial charge in [0.15, 0.2) is 5.82 Å². The SMILES string of the molecule is CC[C@@H](c1nnnn1C1CCCC1)N(CCc1ccccc1C)Cc1cc2cc(C)ccc2[nH]c1=O. The van der Waals surface area contributed by atoms with Crippen molar-refractivity contribution in [3.05, 3.63) is 87.0 Å². The van der Waals surface area contributed by atoms with Crippen molar-refractivity contribution in [2.24, 2.45) is 0 Å². The van der Waals surface area contributed by atoms with E-state index in [4.69, 9.17) is 0 Å². The number of hydrogen-bond donors (Lipinski definition) is 1. The highest BCUT2D eigenvalue weighted by atomic mass is 16.1. The molecule has 1 aliphatic carbocycles. The van der Waals surface area contributed by atoms with Crippen molar-refractivity contribution >= 4 is 10.9 Å². The largest absolute Gasteiger partial charge is 0.322 e.